The van der Waals surface area contributed by atoms with Crippen LogP contribution in [0.5, 0.6) is 5.75 Å². The number of para-hydroxylation sites is 1. The Balaban J connectivity index is 0.000000152. The van der Waals surface area contributed by atoms with Gasteiger partial charge in [-0.2, -0.15) is 0 Å². The van der Waals surface area contributed by atoms with E-state index in [1.54, 1.807) is 19.2 Å². The van der Waals surface area contributed by atoms with Gasteiger partial charge < -0.3 is 19.8 Å². The van der Waals surface area contributed by atoms with Gasteiger partial charge in [0.25, 0.3) is 5.91 Å². The number of amides is 1. The first kappa shape index (κ1) is 21.6. The average molecular weight is 441 g/mol. The lowest BCUT2D eigenvalue weighted by Crippen LogP contribution is -2.44. The van der Waals surface area contributed by atoms with E-state index in [1.807, 2.05) is 24.3 Å². The number of piperidine rings is 1. The number of halogens is 1. The zero-order valence-corrected chi connectivity index (χ0v) is 18.6. The van der Waals surface area contributed by atoms with Gasteiger partial charge in [-0.1, -0.05) is 36.6 Å². The zero-order valence-electron chi connectivity index (χ0n) is 17.9. The third kappa shape index (κ3) is 4.99. The number of carbonyl (C=O) groups is 1. The molecule has 2 saturated heterocycles. The van der Waals surface area contributed by atoms with E-state index in [1.165, 1.54) is 50.8 Å². The molecule has 3 aliphatic rings. The van der Waals surface area contributed by atoms with E-state index < -0.39 is 5.91 Å². The monoisotopic (exact) mass is 440 g/mol. The molecule has 2 atom stereocenters. The van der Waals surface area contributed by atoms with Gasteiger partial charge in [0.05, 0.1) is 7.11 Å². The van der Waals surface area contributed by atoms with E-state index >= 15 is 0 Å². The molecule has 31 heavy (non-hydrogen) atoms. The molecule has 0 radical (unpaired) electrons. The Bertz CT molecular complexity index is 1030. The van der Waals surface area contributed by atoms with E-state index in [0.29, 0.717) is 11.3 Å². The van der Waals surface area contributed by atoms with Crippen molar-refractivity contribution in [3.63, 3.8) is 0 Å². The normalized spacial score (nSPS) is 20.5. The quantitative estimate of drug-likeness (QED) is 0.539. The van der Waals surface area contributed by atoms with Crippen molar-refractivity contribution in [3.05, 3.63) is 59.3 Å². The van der Waals surface area contributed by atoms with Gasteiger partial charge in [0, 0.05) is 28.7 Å². The van der Waals surface area contributed by atoms with Crippen LogP contribution in [0.15, 0.2) is 52.9 Å². The number of benzene rings is 2. The lowest BCUT2D eigenvalue weighted by atomic mass is 9.83. The Morgan fingerprint density at radius 3 is 2.61 bits per heavy atom. The summed E-state index contributed by atoms with van der Waals surface area (Å²) in [5.74, 6) is 1.07. The van der Waals surface area contributed by atoms with Crippen LogP contribution in [-0.2, 0) is 0 Å². The van der Waals surface area contributed by atoms with Gasteiger partial charge >= 0.3 is 0 Å². The largest absolute Gasteiger partial charge is 0.493 e. The molecule has 2 aromatic carbocycles. The summed E-state index contributed by atoms with van der Waals surface area (Å²) in [6, 6.07) is 16.2. The van der Waals surface area contributed by atoms with Crippen LogP contribution < -0.4 is 15.4 Å². The summed E-state index contributed by atoms with van der Waals surface area (Å²) in [6.45, 7) is 1.26. The van der Waals surface area contributed by atoms with Crippen LogP contribution in [-0.4, -0.2) is 25.6 Å². The number of anilines is 1. The maximum absolute atomic E-state index is 10.9. The van der Waals surface area contributed by atoms with Crippen LogP contribution in [0.4, 0.5) is 5.69 Å². The summed E-state index contributed by atoms with van der Waals surface area (Å²) < 4.78 is 10.3. The SMILES string of the molecule is COc1cccc2cc(C(N)=O)oc12.Clc1ccc(N2CC3CCCCC2CC3)cc1. The fourth-order valence-electron chi connectivity index (χ4n) is 4.72. The summed E-state index contributed by atoms with van der Waals surface area (Å²) in [4.78, 5) is 13.5. The maximum atomic E-state index is 10.9. The number of primary amides is 1. The number of rotatable bonds is 3. The fourth-order valence-corrected chi connectivity index (χ4v) is 4.84. The van der Waals surface area contributed by atoms with E-state index in [-0.39, 0.29) is 5.76 Å². The summed E-state index contributed by atoms with van der Waals surface area (Å²) in [7, 11) is 1.54. The van der Waals surface area contributed by atoms with Crippen molar-refractivity contribution in [2.24, 2.45) is 11.7 Å². The number of hydrogen-bond donors (Lipinski definition) is 1. The Morgan fingerprint density at radius 2 is 1.87 bits per heavy atom. The molecule has 3 heterocycles. The molecule has 2 unspecified atom stereocenters. The van der Waals surface area contributed by atoms with Crippen LogP contribution in [0.1, 0.15) is 49.1 Å². The molecule has 1 aliphatic carbocycles. The summed E-state index contributed by atoms with van der Waals surface area (Å²) in [5, 5.41) is 1.64. The molecule has 164 valence electrons. The van der Waals surface area contributed by atoms with Gasteiger partial charge in [0.1, 0.15) is 0 Å². The van der Waals surface area contributed by atoms with Crippen molar-refractivity contribution in [2.75, 3.05) is 18.6 Å². The van der Waals surface area contributed by atoms with Crippen molar-refractivity contribution in [2.45, 2.75) is 44.6 Å². The average Bonchev–Trinajstić information content (AvgIpc) is 3.20. The number of fused-ring (bicyclic) bond motifs is 6. The van der Waals surface area contributed by atoms with Crippen LogP contribution in [0.3, 0.4) is 0 Å². The molecule has 1 aromatic heterocycles. The van der Waals surface area contributed by atoms with Crippen molar-refractivity contribution < 1.29 is 13.9 Å². The first-order valence-corrected chi connectivity index (χ1v) is 11.3. The lowest BCUT2D eigenvalue weighted by Gasteiger charge is -2.43. The number of hydrogen-bond acceptors (Lipinski definition) is 4. The molecule has 1 amide bonds. The minimum Gasteiger partial charge on any atom is -0.493 e. The second-order valence-corrected chi connectivity index (χ2v) is 8.80. The molecule has 2 aliphatic heterocycles. The van der Waals surface area contributed by atoms with Crippen LogP contribution >= 0.6 is 11.6 Å². The van der Waals surface area contributed by atoms with Crippen LogP contribution in [0.25, 0.3) is 11.0 Å². The molecule has 1 saturated carbocycles. The van der Waals surface area contributed by atoms with Crippen LogP contribution in [0.2, 0.25) is 5.02 Å². The summed E-state index contributed by atoms with van der Waals surface area (Å²) >= 11 is 5.97. The molecular weight excluding hydrogens is 412 g/mol. The van der Waals surface area contributed by atoms with Crippen molar-refractivity contribution in [3.8, 4) is 5.75 Å². The number of carbonyl (C=O) groups excluding carboxylic acids is 1. The van der Waals surface area contributed by atoms with Crippen molar-refractivity contribution in [1.82, 2.24) is 0 Å². The van der Waals surface area contributed by atoms with Gasteiger partial charge in [-0.25, -0.2) is 0 Å². The Morgan fingerprint density at radius 1 is 1.10 bits per heavy atom. The number of ether oxygens (including phenoxy) is 1. The molecule has 3 fully saturated rings. The first-order valence-electron chi connectivity index (χ1n) is 10.9. The Kier molecular flexibility index (Phi) is 6.71. The van der Waals surface area contributed by atoms with E-state index in [0.717, 1.165) is 22.4 Å². The highest BCUT2D eigenvalue weighted by Crippen LogP contribution is 2.35. The number of nitrogens with zero attached hydrogens (tertiary/aromatic N) is 1. The lowest BCUT2D eigenvalue weighted by molar-refractivity contribution is 0.0976. The van der Waals surface area contributed by atoms with Gasteiger partial charge in [-0.15, -0.1) is 0 Å². The number of furan rings is 1. The molecule has 0 spiro atoms. The summed E-state index contributed by atoms with van der Waals surface area (Å²) in [6.07, 6.45) is 8.47. The predicted molar refractivity (Wildman–Crippen MR) is 125 cm³/mol. The zero-order chi connectivity index (χ0) is 21.8. The topological polar surface area (TPSA) is 68.7 Å². The van der Waals surface area contributed by atoms with Gasteiger partial charge in [-0.05, 0) is 68.0 Å². The van der Waals surface area contributed by atoms with Crippen molar-refractivity contribution in [1.29, 1.82) is 0 Å². The Hall–Kier alpha value is -2.66. The summed E-state index contributed by atoms with van der Waals surface area (Å²) in [5.41, 5.74) is 7.01. The minimum atomic E-state index is -0.580. The maximum Gasteiger partial charge on any atom is 0.284 e. The standard InChI is InChI=1S/C15H20ClN.C10H9NO3/c16-13-6-9-15(10-7-13)17-11-12-3-1-2-4-14(17)8-5-12;1-13-7-4-2-3-6-5-8(10(11)12)14-9(6)7/h6-7,9-10,12,14H,1-5,8,11H2;2-5H,1H3,(H2,11,12). The highest BCUT2D eigenvalue weighted by molar-refractivity contribution is 6.30. The number of methoxy groups -OCH3 is 1. The minimum absolute atomic E-state index is 0.143. The molecule has 2 N–H and O–H groups in total. The third-order valence-corrected chi connectivity index (χ3v) is 6.58. The predicted octanol–water partition coefficient (Wildman–Crippen LogP) is 6.04. The second kappa shape index (κ2) is 9.65. The molecule has 6 rings (SSSR count). The molecular formula is C25H29ClN2O3. The number of nitrogens with two attached hydrogens (primary N) is 1. The highest BCUT2D eigenvalue weighted by Gasteiger charge is 2.29. The molecule has 2 bridgehead atoms. The second-order valence-electron chi connectivity index (χ2n) is 8.36. The third-order valence-electron chi connectivity index (χ3n) is 6.33. The van der Waals surface area contributed by atoms with Gasteiger partial charge in [0.15, 0.2) is 17.1 Å². The first-order chi connectivity index (χ1) is 15.0. The fraction of sp³-hybridized carbons (Fsp3) is 0.400. The van der Waals surface area contributed by atoms with Gasteiger partial charge in [-0.3, -0.25) is 4.79 Å². The smallest absolute Gasteiger partial charge is 0.284 e. The molecule has 6 heteroatoms. The Labute approximate surface area is 188 Å². The highest BCUT2D eigenvalue weighted by atomic mass is 35.5. The van der Waals surface area contributed by atoms with E-state index in [4.69, 9.17) is 26.5 Å². The van der Waals surface area contributed by atoms with Gasteiger partial charge in [0.2, 0.25) is 0 Å². The molecule has 3 aromatic rings. The van der Waals surface area contributed by atoms with E-state index in [9.17, 15) is 4.79 Å². The van der Waals surface area contributed by atoms with Crippen LogP contribution in [0, 0.1) is 5.92 Å². The van der Waals surface area contributed by atoms with E-state index in [2.05, 4.69) is 17.0 Å². The molecule has 5 nitrogen and oxygen atoms in total. The van der Waals surface area contributed by atoms with Crippen molar-refractivity contribution >= 4 is 34.2 Å².